The van der Waals surface area contributed by atoms with Gasteiger partial charge in [-0.2, -0.15) is 13.2 Å². The van der Waals surface area contributed by atoms with Crippen LogP contribution in [0.2, 0.25) is 0 Å². The lowest BCUT2D eigenvalue weighted by molar-refractivity contribution is -0.137. The average molecular weight is 426 g/mol. The number of pyridine rings is 1. The number of hydrogen-bond acceptors (Lipinski definition) is 4. The van der Waals surface area contributed by atoms with E-state index in [2.05, 4.69) is 10.3 Å². The zero-order valence-corrected chi connectivity index (χ0v) is 16.6. The van der Waals surface area contributed by atoms with Crippen LogP contribution in [0.4, 0.5) is 30.4 Å². The van der Waals surface area contributed by atoms with Crippen molar-refractivity contribution in [2.24, 2.45) is 0 Å². The Morgan fingerprint density at radius 1 is 0.871 bits per heavy atom. The fourth-order valence-electron chi connectivity index (χ4n) is 3.51. The highest BCUT2D eigenvalue weighted by Crippen LogP contribution is 2.29. The van der Waals surface area contributed by atoms with Gasteiger partial charge in [0.25, 0.3) is 5.91 Å². The molecule has 1 aliphatic rings. The topological polar surface area (TPSA) is 48.5 Å². The largest absolute Gasteiger partial charge is 0.417 e. The molecule has 1 aliphatic heterocycles. The first-order valence-electron chi connectivity index (χ1n) is 9.90. The van der Waals surface area contributed by atoms with E-state index in [-0.39, 0.29) is 5.91 Å². The second kappa shape index (κ2) is 8.67. The van der Waals surface area contributed by atoms with Gasteiger partial charge in [-0.25, -0.2) is 4.98 Å². The highest BCUT2D eigenvalue weighted by Gasteiger charge is 2.31. The van der Waals surface area contributed by atoms with Crippen LogP contribution in [0.3, 0.4) is 0 Å². The number of rotatable bonds is 4. The van der Waals surface area contributed by atoms with Crippen molar-refractivity contribution in [1.82, 2.24) is 9.88 Å². The number of carbonyl (C=O) groups is 1. The van der Waals surface area contributed by atoms with E-state index in [0.717, 1.165) is 23.6 Å². The minimum absolute atomic E-state index is 0.0842. The van der Waals surface area contributed by atoms with Crippen LogP contribution in [-0.2, 0) is 6.18 Å². The standard InChI is InChI=1S/C23H21F3N4O/c24-23(25,26)17-10-11-21(27-16-17)29-12-14-30(15-13-29)22(31)19-8-4-5-9-20(19)28-18-6-2-1-3-7-18/h1-11,16,28H,12-15H2. The van der Waals surface area contributed by atoms with Gasteiger partial charge in [0.2, 0.25) is 0 Å². The molecule has 0 radical (unpaired) electrons. The highest BCUT2D eigenvalue weighted by atomic mass is 19.4. The van der Waals surface area contributed by atoms with Gasteiger partial charge < -0.3 is 15.1 Å². The van der Waals surface area contributed by atoms with Crippen molar-refractivity contribution in [3.05, 3.63) is 84.1 Å². The summed E-state index contributed by atoms with van der Waals surface area (Å²) in [5.74, 6) is 0.394. The number of anilines is 3. The molecule has 0 bridgehead atoms. The Kier molecular flexibility index (Phi) is 5.79. The van der Waals surface area contributed by atoms with Crippen molar-refractivity contribution >= 4 is 23.1 Å². The summed E-state index contributed by atoms with van der Waals surface area (Å²) in [4.78, 5) is 20.7. The molecule has 0 saturated carbocycles. The lowest BCUT2D eigenvalue weighted by Crippen LogP contribution is -2.49. The smallest absolute Gasteiger partial charge is 0.355 e. The van der Waals surface area contributed by atoms with E-state index in [0.29, 0.717) is 37.6 Å². The summed E-state index contributed by atoms with van der Waals surface area (Å²) < 4.78 is 38.2. The maximum absolute atomic E-state index is 13.1. The average Bonchev–Trinajstić information content (AvgIpc) is 2.79. The number of alkyl halides is 3. The molecule has 8 heteroatoms. The normalized spacial score (nSPS) is 14.4. The zero-order chi connectivity index (χ0) is 21.8. The van der Waals surface area contributed by atoms with Crippen molar-refractivity contribution in [3.63, 3.8) is 0 Å². The van der Waals surface area contributed by atoms with E-state index < -0.39 is 11.7 Å². The van der Waals surface area contributed by atoms with E-state index in [4.69, 9.17) is 0 Å². The van der Waals surface area contributed by atoms with Gasteiger partial charge >= 0.3 is 6.18 Å². The van der Waals surface area contributed by atoms with Crippen molar-refractivity contribution in [3.8, 4) is 0 Å². The number of nitrogens with one attached hydrogen (secondary N) is 1. The summed E-state index contributed by atoms with van der Waals surface area (Å²) in [5, 5.41) is 3.28. The van der Waals surface area contributed by atoms with E-state index in [9.17, 15) is 18.0 Å². The summed E-state index contributed by atoms with van der Waals surface area (Å²) in [5.41, 5.74) is 1.42. The lowest BCUT2D eigenvalue weighted by Gasteiger charge is -2.35. The molecule has 31 heavy (non-hydrogen) atoms. The molecular weight excluding hydrogens is 405 g/mol. The first-order valence-corrected chi connectivity index (χ1v) is 9.90. The molecular formula is C23H21F3N4O. The van der Waals surface area contributed by atoms with Crippen LogP contribution >= 0.6 is 0 Å². The third-order valence-corrected chi connectivity index (χ3v) is 5.18. The van der Waals surface area contributed by atoms with Gasteiger partial charge in [0.1, 0.15) is 5.82 Å². The first kappa shape index (κ1) is 20.7. The minimum Gasteiger partial charge on any atom is -0.355 e. The molecule has 0 unspecified atom stereocenters. The number of benzene rings is 2. The third-order valence-electron chi connectivity index (χ3n) is 5.18. The fraction of sp³-hybridized carbons (Fsp3) is 0.217. The molecule has 1 fully saturated rings. The number of hydrogen-bond donors (Lipinski definition) is 1. The Morgan fingerprint density at radius 2 is 1.55 bits per heavy atom. The summed E-state index contributed by atoms with van der Waals surface area (Å²) >= 11 is 0. The van der Waals surface area contributed by atoms with Crippen LogP contribution < -0.4 is 10.2 Å². The quantitative estimate of drug-likeness (QED) is 0.651. The minimum atomic E-state index is -4.40. The Bertz CT molecular complexity index is 1030. The Hall–Kier alpha value is -3.55. The molecule has 1 N–H and O–H groups in total. The van der Waals surface area contributed by atoms with Crippen LogP contribution in [-0.4, -0.2) is 42.0 Å². The maximum atomic E-state index is 13.1. The van der Waals surface area contributed by atoms with Crippen molar-refractivity contribution in [2.75, 3.05) is 36.4 Å². The second-order valence-corrected chi connectivity index (χ2v) is 7.22. The summed E-state index contributed by atoms with van der Waals surface area (Å²) in [6.07, 6.45) is -3.56. The number of halogens is 3. The van der Waals surface area contributed by atoms with Crippen molar-refractivity contribution in [1.29, 1.82) is 0 Å². The number of nitrogens with zero attached hydrogens (tertiary/aromatic N) is 3. The Morgan fingerprint density at radius 3 is 2.19 bits per heavy atom. The van der Waals surface area contributed by atoms with Gasteiger partial charge in [-0.15, -0.1) is 0 Å². The van der Waals surface area contributed by atoms with E-state index in [1.807, 2.05) is 53.4 Å². The number of aromatic nitrogens is 1. The molecule has 0 spiro atoms. The number of para-hydroxylation sites is 2. The summed E-state index contributed by atoms with van der Waals surface area (Å²) in [6, 6.07) is 19.4. The number of carbonyl (C=O) groups excluding carboxylic acids is 1. The fourth-order valence-corrected chi connectivity index (χ4v) is 3.51. The SMILES string of the molecule is O=C(c1ccccc1Nc1ccccc1)N1CCN(c2ccc(C(F)(F)F)cn2)CC1. The molecule has 1 saturated heterocycles. The molecule has 5 nitrogen and oxygen atoms in total. The highest BCUT2D eigenvalue weighted by molar-refractivity contribution is 6.00. The van der Waals surface area contributed by atoms with Gasteiger partial charge in [-0.3, -0.25) is 4.79 Å². The van der Waals surface area contributed by atoms with Crippen molar-refractivity contribution in [2.45, 2.75) is 6.18 Å². The van der Waals surface area contributed by atoms with Crippen LogP contribution in [0, 0.1) is 0 Å². The Labute approximate surface area is 178 Å². The van der Waals surface area contributed by atoms with Gasteiger partial charge in [-0.1, -0.05) is 30.3 Å². The molecule has 0 aliphatic carbocycles. The monoisotopic (exact) mass is 426 g/mol. The van der Waals surface area contributed by atoms with Gasteiger partial charge in [-0.05, 0) is 36.4 Å². The predicted octanol–water partition coefficient (Wildman–Crippen LogP) is 4.81. The zero-order valence-electron chi connectivity index (χ0n) is 16.6. The molecule has 160 valence electrons. The second-order valence-electron chi connectivity index (χ2n) is 7.22. The van der Waals surface area contributed by atoms with Gasteiger partial charge in [0.15, 0.2) is 0 Å². The number of piperazine rings is 1. The van der Waals surface area contributed by atoms with Crippen molar-refractivity contribution < 1.29 is 18.0 Å². The van der Waals surface area contributed by atoms with Gasteiger partial charge in [0.05, 0.1) is 16.8 Å². The van der Waals surface area contributed by atoms with Crippen LogP contribution in [0.25, 0.3) is 0 Å². The summed E-state index contributed by atoms with van der Waals surface area (Å²) in [7, 11) is 0. The molecule has 2 aromatic carbocycles. The van der Waals surface area contributed by atoms with Crippen LogP contribution in [0.15, 0.2) is 72.9 Å². The first-order chi connectivity index (χ1) is 14.9. The van der Waals surface area contributed by atoms with Crippen LogP contribution in [0.5, 0.6) is 0 Å². The van der Waals surface area contributed by atoms with E-state index >= 15 is 0 Å². The maximum Gasteiger partial charge on any atom is 0.417 e. The van der Waals surface area contributed by atoms with Crippen LogP contribution in [0.1, 0.15) is 15.9 Å². The predicted molar refractivity (Wildman–Crippen MR) is 114 cm³/mol. The lowest BCUT2D eigenvalue weighted by atomic mass is 10.1. The third kappa shape index (κ3) is 4.79. The van der Waals surface area contributed by atoms with E-state index in [1.165, 1.54) is 6.07 Å². The van der Waals surface area contributed by atoms with Gasteiger partial charge in [0, 0.05) is 38.1 Å². The van der Waals surface area contributed by atoms with E-state index in [1.54, 1.807) is 11.0 Å². The molecule has 0 atom stereocenters. The molecule has 1 amide bonds. The Balaban J connectivity index is 1.42. The number of amides is 1. The molecule has 4 rings (SSSR count). The summed E-state index contributed by atoms with van der Waals surface area (Å²) in [6.45, 7) is 1.92. The molecule has 2 heterocycles. The molecule has 3 aromatic rings. The molecule has 1 aromatic heterocycles.